The van der Waals surface area contributed by atoms with Crippen molar-refractivity contribution in [3.8, 4) is 5.75 Å². The highest BCUT2D eigenvalue weighted by molar-refractivity contribution is 5.97. The van der Waals surface area contributed by atoms with Gasteiger partial charge in [0.2, 0.25) is 0 Å². The summed E-state index contributed by atoms with van der Waals surface area (Å²) in [7, 11) is 0. The SMILES string of the molecule is O=C(NC1CCCCC1)N[C@H]1CO[C@H]2[C@@H]1OC[C@@H]2Oc1ccccc1C(=O)N1CCCC1. The summed E-state index contributed by atoms with van der Waals surface area (Å²) in [5.41, 5.74) is 0.581. The third kappa shape index (κ3) is 4.57. The Morgan fingerprint density at radius 2 is 1.66 bits per heavy atom. The fraction of sp³-hybridized carbons (Fsp3) is 0.667. The first-order valence-electron chi connectivity index (χ1n) is 12.0. The highest BCUT2D eigenvalue weighted by atomic mass is 16.6. The molecule has 3 amide bonds. The van der Waals surface area contributed by atoms with Gasteiger partial charge in [-0.25, -0.2) is 4.79 Å². The maximum absolute atomic E-state index is 12.9. The highest BCUT2D eigenvalue weighted by Gasteiger charge is 2.49. The van der Waals surface area contributed by atoms with Crippen molar-refractivity contribution in [3.63, 3.8) is 0 Å². The highest BCUT2D eigenvalue weighted by Crippen LogP contribution is 2.32. The van der Waals surface area contributed by atoms with Crippen LogP contribution in [-0.4, -0.2) is 73.5 Å². The minimum atomic E-state index is -0.319. The van der Waals surface area contributed by atoms with Gasteiger partial charge in [-0.2, -0.15) is 0 Å². The Labute approximate surface area is 189 Å². The van der Waals surface area contributed by atoms with E-state index in [4.69, 9.17) is 14.2 Å². The topological polar surface area (TPSA) is 89.1 Å². The first kappa shape index (κ1) is 21.5. The van der Waals surface area contributed by atoms with Gasteiger partial charge in [0.05, 0.1) is 24.8 Å². The largest absolute Gasteiger partial charge is 0.484 e. The molecular weight excluding hydrogens is 410 g/mol. The number of amides is 3. The fourth-order valence-corrected chi connectivity index (χ4v) is 5.33. The average molecular weight is 444 g/mol. The van der Waals surface area contributed by atoms with Crippen LogP contribution < -0.4 is 15.4 Å². The Morgan fingerprint density at radius 1 is 0.906 bits per heavy atom. The Hall–Kier alpha value is -2.32. The van der Waals surface area contributed by atoms with Crippen LogP contribution in [0, 0.1) is 0 Å². The quantitative estimate of drug-likeness (QED) is 0.730. The van der Waals surface area contributed by atoms with Gasteiger partial charge in [0.15, 0.2) is 6.10 Å². The number of urea groups is 1. The van der Waals surface area contributed by atoms with Crippen LogP contribution in [0.5, 0.6) is 5.75 Å². The summed E-state index contributed by atoms with van der Waals surface area (Å²) in [4.78, 5) is 27.3. The van der Waals surface area contributed by atoms with Crippen molar-refractivity contribution in [2.45, 2.75) is 75.3 Å². The minimum absolute atomic E-state index is 0.0137. The van der Waals surface area contributed by atoms with Crippen LogP contribution in [0.25, 0.3) is 0 Å². The molecule has 1 aliphatic carbocycles. The number of nitrogens with zero attached hydrogens (tertiary/aromatic N) is 1. The number of carbonyl (C=O) groups excluding carboxylic acids is 2. The number of carbonyl (C=O) groups is 2. The van der Waals surface area contributed by atoms with Crippen molar-refractivity contribution in [2.24, 2.45) is 0 Å². The molecule has 1 aromatic rings. The van der Waals surface area contributed by atoms with E-state index < -0.39 is 0 Å². The van der Waals surface area contributed by atoms with E-state index in [1.807, 2.05) is 29.2 Å². The average Bonchev–Trinajstić information content (AvgIpc) is 3.55. The Morgan fingerprint density at radius 3 is 2.47 bits per heavy atom. The van der Waals surface area contributed by atoms with Gasteiger partial charge in [-0.05, 0) is 37.8 Å². The van der Waals surface area contributed by atoms with Gasteiger partial charge in [0.1, 0.15) is 18.0 Å². The van der Waals surface area contributed by atoms with E-state index in [1.165, 1.54) is 19.3 Å². The molecule has 0 radical (unpaired) electrons. The van der Waals surface area contributed by atoms with Crippen molar-refractivity contribution in [1.82, 2.24) is 15.5 Å². The van der Waals surface area contributed by atoms with Gasteiger partial charge in [-0.1, -0.05) is 31.4 Å². The summed E-state index contributed by atoms with van der Waals surface area (Å²) in [6.45, 7) is 2.35. The summed E-state index contributed by atoms with van der Waals surface area (Å²) in [6, 6.07) is 7.28. The summed E-state index contributed by atoms with van der Waals surface area (Å²) >= 11 is 0. The Bertz CT molecular complexity index is 822. The molecule has 2 N–H and O–H groups in total. The van der Waals surface area contributed by atoms with Crippen LogP contribution in [0.2, 0.25) is 0 Å². The maximum atomic E-state index is 12.9. The van der Waals surface area contributed by atoms with Gasteiger partial charge >= 0.3 is 6.03 Å². The van der Waals surface area contributed by atoms with Gasteiger partial charge in [0.25, 0.3) is 5.91 Å². The summed E-state index contributed by atoms with van der Waals surface area (Å²) < 4.78 is 18.2. The molecule has 4 fully saturated rings. The van der Waals surface area contributed by atoms with Crippen LogP contribution in [0.4, 0.5) is 4.79 Å². The summed E-state index contributed by atoms with van der Waals surface area (Å²) in [6.07, 6.45) is 6.94. The lowest BCUT2D eigenvalue weighted by atomic mass is 9.96. The number of fused-ring (bicyclic) bond motifs is 1. The van der Waals surface area contributed by atoms with E-state index in [9.17, 15) is 9.59 Å². The normalized spacial score (nSPS) is 30.2. The molecule has 0 bridgehead atoms. The van der Waals surface area contributed by atoms with E-state index in [0.29, 0.717) is 24.5 Å². The van der Waals surface area contributed by atoms with Crippen LogP contribution in [0.15, 0.2) is 24.3 Å². The van der Waals surface area contributed by atoms with Gasteiger partial charge in [0, 0.05) is 19.1 Å². The van der Waals surface area contributed by atoms with Crippen LogP contribution in [0.3, 0.4) is 0 Å². The minimum Gasteiger partial charge on any atom is -0.484 e. The Kier molecular flexibility index (Phi) is 6.50. The van der Waals surface area contributed by atoms with Crippen molar-refractivity contribution >= 4 is 11.9 Å². The van der Waals surface area contributed by atoms with Gasteiger partial charge < -0.3 is 29.7 Å². The fourth-order valence-electron chi connectivity index (χ4n) is 5.33. The van der Waals surface area contributed by atoms with E-state index in [1.54, 1.807) is 0 Å². The van der Waals surface area contributed by atoms with Crippen molar-refractivity contribution < 1.29 is 23.8 Å². The number of benzene rings is 1. The Balaban J connectivity index is 1.18. The lowest BCUT2D eigenvalue weighted by Crippen LogP contribution is -2.51. The standard InChI is InChI=1S/C24H33N3O5/c28-23(27-12-6-7-13-27)17-10-4-5-11-19(17)32-20-15-31-21-18(14-30-22(20)21)26-24(29)25-16-8-2-1-3-9-16/h4-5,10-11,16,18,20-22H,1-3,6-9,12-15H2,(H2,25,26,29)/t18-,20-,21+,22+/m0/s1. The predicted octanol–water partition coefficient (Wildman–Crippen LogP) is 2.47. The lowest BCUT2D eigenvalue weighted by Gasteiger charge is -2.24. The molecule has 32 heavy (non-hydrogen) atoms. The van der Waals surface area contributed by atoms with E-state index in [-0.39, 0.29) is 42.3 Å². The monoisotopic (exact) mass is 443 g/mol. The second kappa shape index (κ2) is 9.67. The third-order valence-electron chi connectivity index (χ3n) is 7.05. The third-order valence-corrected chi connectivity index (χ3v) is 7.05. The molecule has 4 aliphatic rings. The molecule has 0 unspecified atom stereocenters. The smallest absolute Gasteiger partial charge is 0.315 e. The first-order chi connectivity index (χ1) is 15.7. The second-order valence-corrected chi connectivity index (χ2v) is 9.31. The van der Waals surface area contributed by atoms with Crippen LogP contribution in [0.1, 0.15) is 55.3 Å². The molecule has 8 nitrogen and oxygen atoms in total. The van der Waals surface area contributed by atoms with E-state index in [0.717, 1.165) is 38.8 Å². The second-order valence-electron chi connectivity index (χ2n) is 9.31. The van der Waals surface area contributed by atoms with Gasteiger partial charge in [-0.3, -0.25) is 4.79 Å². The zero-order chi connectivity index (χ0) is 21.9. The lowest BCUT2D eigenvalue weighted by molar-refractivity contribution is 0.0296. The van der Waals surface area contributed by atoms with Crippen LogP contribution in [-0.2, 0) is 9.47 Å². The van der Waals surface area contributed by atoms with Crippen molar-refractivity contribution in [3.05, 3.63) is 29.8 Å². The number of hydrogen-bond acceptors (Lipinski definition) is 5. The van der Waals surface area contributed by atoms with Crippen molar-refractivity contribution in [1.29, 1.82) is 0 Å². The molecule has 3 aliphatic heterocycles. The van der Waals surface area contributed by atoms with Crippen molar-refractivity contribution in [2.75, 3.05) is 26.3 Å². The number of nitrogens with one attached hydrogen (secondary N) is 2. The number of para-hydroxylation sites is 1. The zero-order valence-electron chi connectivity index (χ0n) is 18.5. The molecule has 0 spiro atoms. The molecule has 0 aromatic heterocycles. The van der Waals surface area contributed by atoms with Gasteiger partial charge in [-0.15, -0.1) is 0 Å². The number of hydrogen-bond donors (Lipinski definition) is 2. The van der Waals surface area contributed by atoms with Crippen LogP contribution >= 0.6 is 0 Å². The molecule has 3 heterocycles. The molecule has 3 saturated heterocycles. The molecule has 5 rings (SSSR count). The summed E-state index contributed by atoms with van der Waals surface area (Å²) in [5, 5.41) is 6.12. The number of likely N-dealkylation sites (tertiary alicyclic amines) is 1. The first-order valence-corrected chi connectivity index (χ1v) is 12.0. The zero-order valence-corrected chi connectivity index (χ0v) is 18.5. The molecule has 1 aromatic carbocycles. The molecule has 4 atom stereocenters. The van der Waals surface area contributed by atoms with E-state index in [2.05, 4.69) is 10.6 Å². The van der Waals surface area contributed by atoms with E-state index >= 15 is 0 Å². The molecule has 174 valence electrons. The number of ether oxygens (including phenoxy) is 3. The molecule has 8 heteroatoms. The molecule has 1 saturated carbocycles. The predicted molar refractivity (Wildman–Crippen MR) is 118 cm³/mol. The molecular formula is C24H33N3O5. The maximum Gasteiger partial charge on any atom is 0.315 e. The number of rotatable bonds is 5. The summed E-state index contributed by atoms with van der Waals surface area (Å²) in [5.74, 6) is 0.577.